The smallest absolute Gasteiger partial charge is 0.407 e. The van der Waals surface area contributed by atoms with Gasteiger partial charge in [0.05, 0.1) is 32.0 Å². The minimum atomic E-state index is -5.31. The van der Waals surface area contributed by atoms with Gasteiger partial charge in [-0.3, -0.25) is 37.8 Å². The van der Waals surface area contributed by atoms with Crippen LogP contribution in [0, 0.1) is 13.8 Å². The van der Waals surface area contributed by atoms with Crippen molar-refractivity contribution in [3.63, 3.8) is 0 Å². The molecule has 0 aromatic carbocycles. The molecule has 0 radical (unpaired) electrons. The standard InChI is InChI=1S/C31H45N5O17P2/c1-18-14-35(29(40)33-27(18)38)25-12-21(37)23(51-25)16-49-55(45,46)53-22-13-26(36-15-19(2)28(39)34-30(36)41)52-24(22)17-48-54(43,44)47-11-10-32-31(42)50-20-8-6-4-3-5-7-9-20/h3-4,14-15,20-26,37H,5-13,16-17H2,1-2H3,(H,32,42)(H,43,44)(H,45,46)(H,33,38,40)(H,34,39,41)/p-2/b4-3+/t20?,21?,22?,23-,24-,25-,26-/m1/s1. The van der Waals surface area contributed by atoms with Gasteiger partial charge < -0.3 is 52.5 Å². The molecule has 3 aliphatic rings. The monoisotopic (exact) mass is 819 g/mol. The molecule has 2 fully saturated rings. The van der Waals surface area contributed by atoms with E-state index < -0.39 is 101 Å². The number of carbonyl (C=O) groups excluding carboxylic acids is 1. The lowest BCUT2D eigenvalue weighted by atomic mass is 10.0. The molecule has 0 bridgehead atoms. The van der Waals surface area contributed by atoms with Gasteiger partial charge in [-0.15, -0.1) is 0 Å². The zero-order valence-electron chi connectivity index (χ0n) is 29.9. The molecule has 2 saturated heterocycles. The van der Waals surface area contributed by atoms with Crippen molar-refractivity contribution in [2.24, 2.45) is 0 Å². The Labute approximate surface area is 312 Å². The summed E-state index contributed by atoms with van der Waals surface area (Å²) in [5, 5.41) is 12.9. The molecule has 2 aliphatic heterocycles. The third kappa shape index (κ3) is 12.0. The first-order valence-electron chi connectivity index (χ1n) is 17.5. The van der Waals surface area contributed by atoms with Gasteiger partial charge in [0.2, 0.25) is 0 Å². The maximum Gasteiger partial charge on any atom is 0.407 e. The number of phosphoric acid groups is 2. The third-order valence-electron chi connectivity index (χ3n) is 8.97. The van der Waals surface area contributed by atoms with E-state index in [4.69, 9.17) is 32.3 Å². The zero-order valence-corrected chi connectivity index (χ0v) is 31.7. The first kappa shape index (κ1) is 42.6. The van der Waals surface area contributed by atoms with Crippen LogP contribution in [-0.2, 0) is 41.4 Å². The first-order valence-corrected chi connectivity index (χ1v) is 20.4. The lowest BCUT2D eigenvalue weighted by Gasteiger charge is -2.30. The van der Waals surface area contributed by atoms with E-state index in [2.05, 4.69) is 21.4 Å². The summed E-state index contributed by atoms with van der Waals surface area (Å²) in [6.45, 7) is 0.460. The predicted molar refractivity (Wildman–Crippen MR) is 184 cm³/mol. The number of phosphoric ester groups is 2. The maximum absolute atomic E-state index is 13.0. The number of alkyl carbamates (subject to hydrolysis) is 1. The van der Waals surface area contributed by atoms with E-state index in [1.54, 1.807) is 0 Å². The number of aliphatic hydroxyl groups is 1. The number of hydrogen-bond acceptors (Lipinski definition) is 17. The van der Waals surface area contributed by atoms with Crippen LogP contribution in [0.5, 0.6) is 0 Å². The van der Waals surface area contributed by atoms with E-state index >= 15 is 0 Å². The molecule has 4 N–H and O–H groups in total. The van der Waals surface area contributed by atoms with Crippen molar-refractivity contribution in [3.05, 3.63) is 77.3 Å². The van der Waals surface area contributed by atoms with E-state index in [0.717, 1.165) is 34.6 Å². The van der Waals surface area contributed by atoms with Gasteiger partial charge in [0, 0.05) is 42.9 Å². The Balaban J connectivity index is 1.17. The largest absolute Gasteiger partial charge is 0.756 e. The van der Waals surface area contributed by atoms with Gasteiger partial charge in [0.25, 0.3) is 26.8 Å². The van der Waals surface area contributed by atoms with Crippen molar-refractivity contribution in [3.8, 4) is 0 Å². The van der Waals surface area contributed by atoms with Gasteiger partial charge in [-0.1, -0.05) is 12.2 Å². The normalized spacial score (nSPS) is 28.4. The number of rotatable bonds is 15. The molecular formula is C31H43N5O17P2-2. The summed E-state index contributed by atoms with van der Waals surface area (Å²) >= 11 is 0. The quantitative estimate of drug-likeness (QED) is 0.101. The van der Waals surface area contributed by atoms with E-state index in [1.165, 1.54) is 20.0 Å². The number of aliphatic hydroxyl groups excluding tert-OH is 1. The van der Waals surface area contributed by atoms with Crippen LogP contribution in [0.2, 0.25) is 0 Å². The molecule has 1 aliphatic carbocycles. The van der Waals surface area contributed by atoms with E-state index in [-0.39, 0.29) is 36.6 Å². The molecule has 9 atom stereocenters. The van der Waals surface area contributed by atoms with Crippen LogP contribution in [0.3, 0.4) is 0 Å². The number of H-pyrrole nitrogens is 2. The zero-order chi connectivity index (χ0) is 39.9. The second-order valence-corrected chi connectivity index (χ2v) is 15.9. The van der Waals surface area contributed by atoms with Crippen LogP contribution < -0.4 is 37.6 Å². The fourth-order valence-electron chi connectivity index (χ4n) is 6.08. The fourth-order valence-corrected chi connectivity index (χ4v) is 7.74. The van der Waals surface area contributed by atoms with Gasteiger partial charge in [-0.2, -0.15) is 0 Å². The Morgan fingerprint density at radius 1 is 0.873 bits per heavy atom. The minimum Gasteiger partial charge on any atom is -0.756 e. The number of aromatic nitrogens is 4. The van der Waals surface area contributed by atoms with Gasteiger partial charge in [-0.05, 0) is 46.0 Å². The highest BCUT2D eigenvalue weighted by molar-refractivity contribution is 7.46. The summed E-state index contributed by atoms with van der Waals surface area (Å²) in [5.41, 5.74) is -2.69. The second kappa shape index (κ2) is 18.6. The number of nitrogens with zero attached hydrogens (tertiary/aromatic N) is 2. The Morgan fingerprint density at radius 3 is 2.13 bits per heavy atom. The third-order valence-corrected chi connectivity index (χ3v) is 10.9. The maximum atomic E-state index is 13.0. The van der Waals surface area contributed by atoms with E-state index in [9.17, 15) is 48.0 Å². The highest BCUT2D eigenvalue weighted by Crippen LogP contribution is 2.47. The fraction of sp³-hybridized carbons (Fsp3) is 0.645. The molecule has 0 spiro atoms. The van der Waals surface area contributed by atoms with E-state index in [0.29, 0.717) is 12.8 Å². The topological polar surface area (TPSA) is 304 Å². The second-order valence-electron chi connectivity index (χ2n) is 13.2. The highest BCUT2D eigenvalue weighted by atomic mass is 31.2. The van der Waals surface area contributed by atoms with Crippen LogP contribution in [0.15, 0.2) is 43.7 Å². The molecule has 1 amide bonds. The number of nitrogens with one attached hydrogen (secondary N) is 3. The Hall–Kier alpha value is -3.53. The summed E-state index contributed by atoms with van der Waals surface area (Å²) in [6, 6.07) is 0. The predicted octanol–water partition coefficient (Wildman–Crippen LogP) is -0.374. The summed E-state index contributed by atoms with van der Waals surface area (Å²) in [5.74, 6) is 0. The van der Waals surface area contributed by atoms with Gasteiger partial charge in [-0.25, -0.2) is 14.4 Å². The summed E-state index contributed by atoms with van der Waals surface area (Å²) in [4.78, 5) is 90.5. The minimum absolute atomic E-state index is 0.114. The Kier molecular flexibility index (Phi) is 14.4. The van der Waals surface area contributed by atoms with Crippen molar-refractivity contribution >= 4 is 21.7 Å². The van der Waals surface area contributed by atoms with Gasteiger partial charge in [0.1, 0.15) is 30.8 Å². The first-order chi connectivity index (χ1) is 26.0. The average Bonchev–Trinajstić information content (AvgIpc) is 3.67. The molecule has 24 heteroatoms. The SMILES string of the molecule is Cc1cn([C@H]2CC(O)[C@@H](COP(=O)([O-])OC3C[C@H](n4cc(C)c(=O)[nH]c4=O)O[C@@H]3COP(=O)([O-])OCCNC(=O)OC3CC/C=C/CCC3)O2)c(=O)[nH]c1=O. The molecule has 2 aromatic rings. The van der Waals surface area contributed by atoms with Crippen LogP contribution in [-0.4, -0.2) is 87.2 Å². The molecule has 306 valence electrons. The Morgan fingerprint density at radius 2 is 1.45 bits per heavy atom. The van der Waals surface area contributed by atoms with Crippen molar-refractivity contribution < 1.29 is 61.1 Å². The van der Waals surface area contributed by atoms with E-state index in [1.807, 2.05) is 6.08 Å². The molecule has 5 unspecified atom stereocenters. The van der Waals surface area contributed by atoms with Crippen LogP contribution in [0.1, 0.15) is 68.5 Å². The molecule has 5 rings (SSSR count). The molecule has 4 heterocycles. The number of aryl methyl sites for hydroxylation is 2. The van der Waals surface area contributed by atoms with Crippen molar-refractivity contribution in [1.82, 2.24) is 24.4 Å². The molecule has 2 aromatic heterocycles. The van der Waals surface area contributed by atoms with Crippen LogP contribution in [0.25, 0.3) is 0 Å². The number of ether oxygens (including phenoxy) is 3. The van der Waals surface area contributed by atoms with Crippen LogP contribution >= 0.6 is 15.6 Å². The summed E-state index contributed by atoms with van der Waals surface area (Å²) in [7, 11) is -10.4. The van der Waals surface area contributed by atoms with Crippen LogP contribution in [0.4, 0.5) is 4.79 Å². The molecule has 55 heavy (non-hydrogen) atoms. The molecular weight excluding hydrogens is 776 g/mol. The lowest BCUT2D eigenvalue weighted by molar-refractivity contribution is -0.236. The van der Waals surface area contributed by atoms with Crippen molar-refractivity contribution in [1.29, 1.82) is 0 Å². The van der Waals surface area contributed by atoms with Gasteiger partial charge in [0.15, 0.2) is 0 Å². The van der Waals surface area contributed by atoms with Crippen molar-refractivity contribution in [2.45, 2.75) is 102 Å². The average molecular weight is 820 g/mol. The highest BCUT2D eigenvalue weighted by Gasteiger charge is 2.42. The summed E-state index contributed by atoms with van der Waals surface area (Å²) < 4.78 is 64.4. The summed E-state index contributed by atoms with van der Waals surface area (Å²) in [6.07, 6.45) is 0.935. The number of amides is 1. The number of allylic oxidation sites excluding steroid dienone is 2. The lowest BCUT2D eigenvalue weighted by Crippen LogP contribution is -2.34. The van der Waals surface area contributed by atoms with Gasteiger partial charge >= 0.3 is 17.5 Å². The number of hydrogen-bond donors (Lipinski definition) is 4. The number of aromatic amines is 2. The Bertz CT molecular complexity index is 2030. The molecule has 22 nitrogen and oxygen atoms in total. The molecule has 0 saturated carbocycles. The van der Waals surface area contributed by atoms with Crippen molar-refractivity contribution in [2.75, 3.05) is 26.4 Å². The number of carbonyl (C=O) groups is 1.